The molecule has 1 unspecified atom stereocenters. The van der Waals surface area contributed by atoms with Crippen molar-refractivity contribution in [3.8, 4) is 0 Å². The highest BCUT2D eigenvalue weighted by molar-refractivity contribution is 7.21. The van der Waals surface area contributed by atoms with E-state index in [1.54, 1.807) is 12.1 Å². The van der Waals surface area contributed by atoms with Gasteiger partial charge in [0, 0.05) is 24.2 Å². The number of nitrogens with one attached hydrogen (secondary N) is 1. The lowest BCUT2D eigenvalue weighted by Crippen LogP contribution is -2.74. The molecule has 1 aromatic rings. The standard InChI is InChI=1S/C12H16ClN4O2P/c13-9-3-1-8(2-4-9)7-16-12(15)10(14)5-6-17(20-19)11(12)18/h1-4,10,16H,5-7,14-15H2/t10?,12-/m0/s1. The van der Waals surface area contributed by atoms with Crippen LogP contribution in [0.25, 0.3) is 0 Å². The Labute approximate surface area is 123 Å². The summed E-state index contributed by atoms with van der Waals surface area (Å²) in [5, 5.41) is 3.61. The lowest BCUT2D eigenvalue weighted by atomic mass is 9.93. The smallest absolute Gasteiger partial charge is 0.284 e. The molecule has 0 radical (unpaired) electrons. The molecule has 1 fully saturated rings. The average Bonchev–Trinajstić information content (AvgIpc) is 2.45. The Morgan fingerprint density at radius 1 is 1.45 bits per heavy atom. The van der Waals surface area contributed by atoms with Crippen molar-refractivity contribution in [3.05, 3.63) is 34.9 Å². The number of carbonyl (C=O) groups is 1. The van der Waals surface area contributed by atoms with Gasteiger partial charge in [-0.3, -0.25) is 14.8 Å². The molecule has 0 saturated carbocycles. The van der Waals surface area contributed by atoms with Gasteiger partial charge < -0.3 is 11.5 Å². The molecular formula is C12H16ClN4O2P. The highest BCUT2D eigenvalue weighted by Gasteiger charge is 2.46. The molecule has 20 heavy (non-hydrogen) atoms. The number of piperidine rings is 1. The molecule has 1 heterocycles. The molecule has 1 saturated heterocycles. The third-order valence-corrected chi connectivity index (χ3v) is 4.25. The maximum Gasteiger partial charge on any atom is 0.284 e. The Morgan fingerprint density at radius 3 is 2.70 bits per heavy atom. The fraction of sp³-hybridized carbons (Fsp3) is 0.417. The highest BCUT2D eigenvalue weighted by Crippen LogP contribution is 2.22. The van der Waals surface area contributed by atoms with Crippen molar-refractivity contribution in [1.82, 2.24) is 9.99 Å². The van der Waals surface area contributed by atoms with Crippen LogP contribution in [-0.4, -0.2) is 28.8 Å². The van der Waals surface area contributed by atoms with E-state index in [1.807, 2.05) is 12.1 Å². The topological polar surface area (TPSA) is 101 Å². The van der Waals surface area contributed by atoms with E-state index in [9.17, 15) is 9.36 Å². The van der Waals surface area contributed by atoms with Crippen LogP contribution in [0.1, 0.15) is 12.0 Å². The summed E-state index contributed by atoms with van der Waals surface area (Å²) in [7, 11) is -0.362. The Morgan fingerprint density at radius 2 is 2.10 bits per heavy atom. The zero-order valence-electron chi connectivity index (χ0n) is 10.8. The van der Waals surface area contributed by atoms with Crippen LogP contribution in [0.2, 0.25) is 5.02 Å². The second-order valence-electron chi connectivity index (χ2n) is 4.75. The van der Waals surface area contributed by atoms with Crippen LogP contribution in [0.15, 0.2) is 24.3 Å². The van der Waals surface area contributed by atoms with E-state index in [2.05, 4.69) is 5.32 Å². The minimum Gasteiger partial charge on any atom is -0.324 e. The highest BCUT2D eigenvalue weighted by atomic mass is 35.5. The van der Waals surface area contributed by atoms with E-state index >= 15 is 0 Å². The second-order valence-corrected chi connectivity index (χ2v) is 5.84. The summed E-state index contributed by atoms with van der Waals surface area (Å²) < 4.78 is 12.1. The SMILES string of the molecule is NC1CCN(P=O)C(=O)[C@@]1(N)NCc1ccc(Cl)cc1. The van der Waals surface area contributed by atoms with Gasteiger partial charge in [0.2, 0.25) is 0 Å². The number of nitrogens with two attached hydrogens (primary N) is 2. The predicted molar refractivity (Wildman–Crippen MR) is 77.1 cm³/mol. The minimum atomic E-state index is -1.41. The van der Waals surface area contributed by atoms with Gasteiger partial charge in [0.15, 0.2) is 5.66 Å². The van der Waals surface area contributed by atoms with Crippen molar-refractivity contribution in [1.29, 1.82) is 0 Å². The van der Waals surface area contributed by atoms with Crippen molar-refractivity contribution in [2.75, 3.05) is 6.54 Å². The van der Waals surface area contributed by atoms with Gasteiger partial charge in [-0.2, -0.15) is 0 Å². The van der Waals surface area contributed by atoms with Crippen LogP contribution >= 0.6 is 20.2 Å². The maximum atomic E-state index is 12.2. The molecule has 0 spiro atoms. The monoisotopic (exact) mass is 314 g/mol. The lowest BCUT2D eigenvalue weighted by molar-refractivity contribution is -0.137. The third kappa shape index (κ3) is 3.00. The Hall–Kier alpha value is -1.04. The lowest BCUT2D eigenvalue weighted by Gasteiger charge is -2.41. The fourth-order valence-electron chi connectivity index (χ4n) is 2.10. The van der Waals surface area contributed by atoms with Crippen molar-refractivity contribution in [3.63, 3.8) is 0 Å². The van der Waals surface area contributed by atoms with Gasteiger partial charge in [-0.05, 0) is 24.1 Å². The number of hydrogen-bond acceptors (Lipinski definition) is 5. The van der Waals surface area contributed by atoms with Crippen LogP contribution in [-0.2, 0) is 15.9 Å². The molecule has 0 aliphatic carbocycles. The van der Waals surface area contributed by atoms with Gasteiger partial charge in [-0.25, -0.2) is 4.57 Å². The summed E-state index contributed by atoms with van der Waals surface area (Å²) in [5.74, 6) is -0.457. The van der Waals surface area contributed by atoms with Crippen LogP contribution in [0, 0.1) is 0 Å². The van der Waals surface area contributed by atoms with Gasteiger partial charge in [0.25, 0.3) is 14.5 Å². The van der Waals surface area contributed by atoms with E-state index < -0.39 is 17.6 Å². The molecule has 8 heteroatoms. The van der Waals surface area contributed by atoms with Gasteiger partial charge in [0.1, 0.15) is 0 Å². The zero-order chi connectivity index (χ0) is 14.8. The van der Waals surface area contributed by atoms with Crippen molar-refractivity contribution < 1.29 is 9.36 Å². The number of carbonyl (C=O) groups excluding carboxylic acids is 1. The predicted octanol–water partition coefficient (Wildman–Crippen LogP) is 0.851. The molecule has 5 N–H and O–H groups in total. The Bertz CT molecular complexity index is 513. The third-order valence-electron chi connectivity index (χ3n) is 3.42. The van der Waals surface area contributed by atoms with E-state index in [0.29, 0.717) is 24.5 Å². The number of rotatable bonds is 4. The van der Waals surface area contributed by atoms with Gasteiger partial charge in [-0.15, -0.1) is 0 Å². The largest absolute Gasteiger partial charge is 0.324 e. The first-order valence-corrected chi connectivity index (χ1v) is 7.31. The Balaban J connectivity index is 2.10. The molecule has 2 rings (SSSR count). The number of halogens is 1. The number of nitrogens with zero attached hydrogens (tertiary/aromatic N) is 1. The maximum absolute atomic E-state index is 12.2. The molecular weight excluding hydrogens is 299 g/mol. The molecule has 6 nitrogen and oxygen atoms in total. The number of amides is 1. The van der Waals surface area contributed by atoms with E-state index in [1.165, 1.54) is 0 Å². The molecule has 2 atom stereocenters. The molecule has 1 aromatic carbocycles. The van der Waals surface area contributed by atoms with Crippen LogP contribution in [0.4, 0.5) is 0 Å². The molecule has 0 bridgehead atoms. The second kappa shape index (κ2) is 6.16. The number of benzene rings is 1. The van der Waals surface area contributed by atoms with Crippen molar-refractivity contribution in [2.45, 2.75) is 24.7 Å². The summed E-state index contributed by atoms with van der Waals surface area (Å²) in [6.45, 7) is 0.712. The fourth-order valence-corrected chi connectivity index (χ4v) is 2.66. The van der Waals surface area contributed by atoms with Gasteiger partial charge >= 0.3 is 0 Å². The van der Waals surface area contributed by atoms with Crippen LogP contribution < -0.4 is 16.8 Å². The van der Waals surface area contributed by atoms with Crippen LogP contribution in [0.3, 0.4) is 0 Å². The van der Waals surface area contributed by atoms with Gasteiger partial charge in [0.05, 0.1) is 0 Å². The van der Waals surface area contributed by atoms with E-state index in [-0.39, 0.29) is 8.61 Å². The quantitative estimate of drug-likeness (QED) is 0.565. The average molecular weight is 315 g/mol. The van der Waals surface area contributed by atoms with Crippen molar-refractivity contribution >= 4 is 26.1 Å². The first kappa shape index (κ1) is 15.4. The van der Waals surface area contributed by atoms with Gasteiger partial charge in [-0.1, -0.05) is 23.7 Å². The molecule has 108 valence electrons. The summed E-state index contributed by atoms with van der Waals surface area (Å²) in [5.41, 5.74) is 11.6. The van der Waals surface area contributed by atoms with E-state index in [4.69, 9.17) is 23.1 Å². The molecule has 1 aliphatic heterocycles. The van der Waals surface area contributed by atoms with E-state index in [0.717, 1.165) is 10.2 Å². The summed E-state index contributed by atoms with van der Waals surface area (Å²) in [6, 6.07) is 6.66. The Kier molecular flexibility index (Phi) is 4.73. The summed E-state index contributed by atoms with van der Waals surface area (Å²) >= 11 is 5.81. The zero-order valence-corrected chi connectivity index (χ0v) is 12.4. The van der Waals surface area contributed by atoms with Crippen molar-refractivity contribution in [2.24, 2.45) is 11.5 Å². The summed E-state index contributed by atoms with van der Waals surface area (Å²) in [6.07, 6.45) is 0.491. The normalized spacial score (nSPS) is 27.1. The molecule has 0 aromatic heterocycles. The summed E-state index contributed by atoms with van der Waals surface area (Å²) in [4.78, 5) is 12.2. The first-order chi connectivity index (χ1) is 9.47. The molecule has 1 amide bonds. The minimum absolute atomic E-state index is 0.340. The van der Waals surface area contributed by atoms with Crippen LogP contribution in [0.5, 0.6) is 0 Å². The molecule has 1 aliphatic rings. The first-order valence-electron chi connectivity index (χ1n) is 6.16. The number of hydrogen-bond donors (Lipinski definition) is 3.